The van der Waals surface area contributed by atoms with E-state index in [0.717, 1.165) is 16.5 Å². The Morgan fingerprint density at radius 3 is 2.77 bits per heavy atom. The summed E-state index contributed by atoms with van der Waals surface area (Å²) in [6.07, 6.45) is 3.55. The van der Waals surface area contributed by atoms with Crippen molar-refractivity contribution in [2.24, 2.45) is 5.10 Å². The van der Waals surface area contributed by atoms with Crippen LogP contribution in [-0.2, 0) is 11.2 Å². The molecule has 0 saturated carbocycles. The van der Waals surface area contributed by atoms with Gasteiger partial charge in [0.15, 0.2) is 0 Å². The molecule has 1 aromatic heterocycles. The number of para-hydroxylation sites is 1. The predicted octanol–water partition coefficient (Wildman–Crippen LogP) is 3.00. The van der Waals surface area contributed by atoms with Crippen LogP contribution in [0.25, 0.3) is 10.9 Å². The summed E-state index contributed by atoms with van der Waals surface area (Å²) in [5, 5.41) is 4.90. The van der Waals surface area contributed by atoms with Gasteiger partial charge in [0.25, 0.3) is 0 Å². The maximum Gasteiger partial charge on any atom is 0.244 e. The van der Waals surface area contributed by atoms with Crippen LogP contribution in [0.5, 0.6) is 0 Å². The quantitative estimate of drug-likeness (QED) is 0.564. The van der Waals surface area contributed by atoms with Gasteiger partial charge in [0.05, 0.1) is 12.6 Å². The number of halogens is 1. The summed E-state index contributed by atoms with van der Waals surface area (Å²) in [5.74, 6) is -0.511. The van der Waals surface area contributed by atoms with Crippen molar-refractivity contribution in [3.05, 3.63) is 71.7 Å². The molecule has 22 heavy (non-hydrogen) atoms. The predicted molar refractivity (Wildman–Crippen MR) is 84.1 cm³/mol. The van der Waals surface area contributed by atoms with Crippen molar-refractivity contribution < 1.29 is 9.18 Å². The van der Waals surface area contributed by atoms with Crippen molar-refractivity contribution in [3.63, 3.8) is 0 Å². The van der Waals surface area contributed by atoms with Gasteiger partial charge in [-0.1, -0.05) is 30.3 Å². The highest BCUT2D eigenvalue weighted by Gasteiger charge is 2.07. The number of nitrogens with one attached hydrogen (secondary N) is 2. The molecule has 2 aromatic carbocycles. The van der Waals surface area contributed by atoms with Gasteiger partial charge >= 0.3 is 0 Å². The van der Waals surface area contributed by atoms with Crippen LogP contribution in [-0.4, -0.2) is 17.1 Å². The average Bonchev–Trinajstić information content (AvgIpc) is 2.93. The molecule has 3 aromatic rings. The Bertz CT molecular complexity index is 821. The van der Waals surface area contributed by atoms with E-state index < -0.39 is 0 Å². The minimum absolute atomic E-state index is 0.205. The normalized spacial score (nSPS) is 11.1. The van der Waals surface area contributed by atoms with Crippen LogP contribution in [0.15, 0.2) is 59.8 Å². The number of aromatic amines is 1. The van der Waals surface area contributed by atoms with Gasteiger partial charge in [0.1, 0.15) is 5.82 Å². The number of H-pyrrole nitrogens is 1. The minimum atomic E-state index is -0.305. The highest BCUT2D eigenvalue weighted by Crippen LogP contribution is 2.17. The van der Waals surface area contributed by atoms with Gasteiger partial charge in [-0.15, -0.1) is 0 Å². The molecule has 0 bridgehead atoms. The molecular weight excluding hydrogens is 281 g/mol. The first kappa shape index (κ1) is 14.0. The van der Waals surface area contributed by atoms with Gasteiger partial charge in [-0.2, -0.15) is 5.10 Å². The molecule has 4 nitrogen and oxygen atoms in total. The number of hydrogen-bond acceptors (Lipinski definition) is 2. The highest BCUT2D eigenvalue weighted by atomic mass is 19.1. The Balaban J connectivity index is 1.62. The summed E-state index contributed by atoms with van der Waals surface area (Å²) in [6.45, 7) is 0. The molecule has 0 aliphatic carbocycles. The summed E-state index contributed by atoms with van der Waals surface area (Å²) in [7, 11) is 0. The van der Waals surface area contributed by atoms with E-state index in [1.165, 1.54) is 18.3 Å². The Labute approximate surface area is 126 Å². The third kappa shape index (κ3) is 3.20. The van der Waals surface area contributed by atoms with E-state index in [-0.39, 0.29) is 18.1 Å². The number of carbonyl (C=O) groups is 1. The second-order valence-corrected chi connectivity index (χ2v) is 4.88. The molecule has 0 spiro atoms. The molecule has 0 saturated heterocycles. The highest BCUT2D eigenvalue weighted by molar-refractivity contribution is 5.89. The molecule has 1 amide bonds. The molecule has 0 aliphatic heterocycles. The first-order valence-electron chi connectivity index (χ1n) is 6.85. The van der Waals surface area contributed by atoms with Gasteiger partial charge in [0.2, 0.25) is 5.91 Å². The smallest absolute Gasteiger partial charge is 0.244 e. The van der Waals surface area contributed by atoms with E-state index in [9.17, 15) is 9.18 Å². The maximum atomic E-state index is 12.8. The minimum Gasteiger partial charge on any atom is -0.361 e. The van der Waals surface area contributed by atoms with Crippen LogP contribution in [0.2, 0.25) is 0 Å². The molecule has 0 fully saturated rings. The summed E-state index contributed by atoms with van der Waals surface area (Å²) in [4.78, 5) is 15.0. The summed E-state index contributed by atoms with van der Waals surface area (Å²) in [5.41, 5.74) is 5.11. The molecule has 0 aliphatic rings. The van der Waals surface area contributed by atoms with Crippen LogP contribution in [0.3, 0.4) is 0 Å². The maximum absolute atomic E-state index is 12.8. The lowest BCUT2D eigenvalue weighted by Crippen LogP contribution is -2.19. The molecule has 0 unspecified atom stereocenters. The molecule has 5 heteroatoms. The number of amides is 1. The first-order valence-corrected chi connectivity index (χ1v) is 6.85. The number of aromatic nitrogens is 1. The van der Waals surface area contributed by atoms with Crippen LogP contribution < -0.4 is 5.43 Å². The van der Waals surface area contributed by atoms with Gasteiger partial charge in [0, 0.05) is 17.1 Å². The SMILES string of the molecule is O=C(Cc1c[nH]c2ccccc12)NN=Cc1ccc(F)cc1. The Morgan fingerprint density at radius 1 is 1.18 bits per heavy atom. The van der Waals surface area contributed by atoms with Crippen molar-refractivity contribution in [2.45, 2.75) is 6.42 Å². The number of benzene rings is 2. The molecule has 0 radical (unpaired) electrons. The van der Waals surface area contributed by atoms with Crippen molar-refractivity contribution in [2.75, 3.05) is 0 Å². The van der Waals surface area contributed by atoms with E-state index in [1.54, 1.807) is 12.1 Å². The summed E-state index contributed by atoms with van der Waals surface area (Å²) in [6, 6.07) is 13.7. The van der Waals surface area contributed by atoms with Gasteiger partial charge in [-0.05, 0) is 29.3 Å². The number of hydrogen-bond donors (Lipinski definition) is 2. The fraction of sp³-hybridized carbons (Fsp3) is 0.0588. The number of fused-ring (bicyclic) bond motifs is 1. The van der Waals surface area contributed by atoms with E-state index >= 15 is 0 Å². The fourth-order valence-corrected chi connectivity index (χ4v) is 2.22. The van der Waals surface area contributed by atoms with E-state index in [0.29, 0.717) is 5.56 Å². The Morgan fingerprint density at radius 2 is 1.95 bits per heavy atom. The van der Waals surface area contributed by atoms with Crippen molar-refractivity contribution >= 4 is 23.0 Å². The lowest BCUT2D eigenvalue weighted by molar-refractivity contribution is -0.120. The number of rotatable bonds is 4. The van der Waals surface area contributed by atoms with Gasteiger partial charge in [-0.25, -0.2) is 9.82 Å². The standard InChI is InChI=1S/C17H14FN3O/c18-14-7-5-12(6-8-14)10-20-21-17(22)9-13-11-19-16-4-2-1-3-15(13)16/h1-8,10-11,19H,9H2,(H,21,22). The van der Waals surface area contributed by atoms with Crippen LogP contribution in [0, 0.1) is 5.82 Å². The third-order valence-electron chi connectivity index (χ3n) is 3.30. The van der Waals surface area contributed by atoms with Crippen LogP contribution in [0.1, 0.15) is 11.1 Å². The molecule has 1 heterocycles. The van der Waals surface area contributed by atoms with E-state index in [1.807, 2.05) is 30.5 Å². The molecule has 3 rings (SSSR count). The van der Waals surface area contributed by atoms with Crippen molar-refractivity contribution in [3.8, 4) is 0 Å². The topological polar surface area (TPSA) is 57.2 Å². The summed E-state index contributed by atoms with van der Waals surface area (Å²) < 4.78 is 12.8. The monoisotopic (exact) mass is 295 g/mol. The second-order valence-electron chi connectivity index (χ2n) is 4.88. The summed E-state index contributed by atoms with van der Waals surface area (Å²) >= 11 is 0. The lowest BCUT2D eigenvalue weighted by atomic mass is 10.1. The Kier molecular flexibility index (Phi) is 3.96. The number of carbonyl (C=O) groups excluding carboxylic acids is 1. The zero-order valence-electron chi connectivity index (χ0n) is 11.7. The molecular formula is C17H14FN3O. The zero-order chi connectivity index (χ0) is 15.4. The van der Waals surface area contributed by atoms with Gasteiger partial charge in [-0.3, -0.25) is 4.79 Å². The number of nitrogens with zero attached hydrogens (tertiary/aromatic N) is 1. The van der Waals surface area contributed by atoms with E-state index in [2.05, 4.69) is 15.5 Å². The molecule has 110 valence electrons. The first-order chi connectivity index (χ1) is 10.7. The molecule has 2 N–H and O–H groups in total. The number of hydrazone groups is 1. The van der Waals surface area contributed by atoms with Gasteiger partial charge < -0.3 is 4.98 Å². The second kappa shape index (κ2) is 6.22. The third-order valence-corrected chi connectivity index (χ3v) is 3.30. The van der Waals surface area contributed by atoms with Crippen molar-refractivity contribution in [1.29, 1.82) is 0 Å². The van der Waals surface area contributed by atoms with Crippen molar-refractivity contribution in [1.82, 2.24) is 10.4 Å². The Hall–Kier alpha value is -2.95. The lowest BCUT2D eigenvalue weighted by Gasteiger charge is -1.99. The molecule has 0 atom stereocenters. The fourth-order valence-electron chi connectivity index (χ4n) is 2.22. The van der Waals surface area contributed by atoms with Crippen LogP contribution in [0.4, 0.5) is 4.39 Å². The zero-order valence-corrected chi connectivity index (χ0v) is 11.7. The van der Waals surface area contributed by atoms with E-state index in [4.69, 9.17) is 0 Å². The average molecular weight is 295 g/mol. The largest absolute Gasteiger partial charge is 0.361 e. The van der Waals surface area contributed by atoms with Crippen LogP contribution >= 0.6 is 0 Å².